The molecule has 0 radical (unpaired) electrons. The number of ether oxygens (including phenoxy) is 2. The van der Waals surface area contributed by atoms with Crippen LogP contribution < -0.4 is 32.4 Å². The van der Waals surface area contributed by atoms with Crippen LogP contribution in [-0.2, 0) is 11.0 Å². The fraction of sp³-hybridized carbons (Fsp3) is 0.111. The molecule has 6 aromatic rings. The Morgan fingerprint density at radius 2 is 0.902 bits per heavy atom. The van der Waals surface area contributed by atoms with Crippen molar-refractivity contribution in [2.75, 3.05) is 17.2 Å². The molecule has 0 fully saturated rings. The summed E-state index contributed by atoms with van der Waals surface area (Å²) < 4.78 is 11.8. The summed E-state index contributed by atoms with van der Waals surface area (Å²) in [6.45, 7) is 4.41. The van der Waals surface area contributed by atoms with Crippen LogP contribution >= 0.6 is 0 Å². The molecule has 1 aliphatic carbocycles. The second-order valence-electron chi connectivity index (χ2n) is 13.2. The van der Waals surface area contributed by atoms with Crippen LogP contribution in [-0.4, -0.2) is 0 Å². The van der Waals surface area contributed by atoms with Crippen molar-refractivity contribution in [3.63, 3.8) is 0 Å². The Labute approximate surface area is 300 Å². The Morgan fingerprint density at radius 1 is 0.510 bits per heavy atom. The summed E-state index contributed by atoms with van der Waals surface area (Å²) in [5, 5.41) is 0. The average Bonchev–Trinajstić information content (AvgIpc) is 3.15. The lowest BCUT2D eigenvalue weighted by atomic mass is 9.78. The van der Waals surface area contributed by atoms with Gasteiger partial charge in [-0.15, -0.1) is 0 Å². The monoisotopic (exact) mass is 672 g/mol. The molecule has 0 spiro atoms. The van der Waals surface area contributed by atoms with E-state index in [1.165, 1.54) is 22.3 Å². The van der Waals surface area contributed by atoms with Crippen molar-refractivity contribution in [1.82, 2.24) is 0 Å². The van der Waals surface area contributed by atoms with E-state index in [9.17, 15) is 0 Å². The largest absolute Gasteiger partial charge is 0.457 e. The minimum absolute atomic E-state index is 0.167. The van der Waals surface area contributed by atoms with Gasteiger partial charge in [0.05, 0.1) is 5.54 Å². The van der Waals surface area contributed by atoms with Gasteiger partial charge in [0.25, 0.3) is 0 Å². The van der Waals surface area contributed by atoms with Crippen molar-refractivity contribution in [1.29, 1.82) is 0 Å². The lowest BCUT2D eigenvalue weighted by Gasteiger charge is -2.28. The molecule has 0 aliphatic heterocycles. The van der Waals surface area contributed by atoms with E-state index in [1.54, 1.807) is 0 Å². The molecule has 0 bridgehead atoms. The first-order valence-electron chi connectivity index (χ1n) is 16.9. The summed E-state index contributed by atoms with van der Waals surface area (Å²) in [7, 11) is 0. The first-order valence-corrected chi connectivity index (χ1v) is 16.9. The Balaban J connectivity index is 0.000000193. The summed E-state index contributed by atoms with van der Waals surface area (Å²) in [5.41, 5.74) is 31.2. The number of benzene rings is 6. The Kier molecular flexibility index (Phi) is 10.3. The van der Waals surface area contributed by atoms with Gasteiger partial charge in [0.1, 0.15) is 23.0 Å². The van der Waals surface area contributed by atoms with Gasteiger partial charge in [0.15, 0.2) is 0 Å². The van der Waals surface area contributed by atoms with Crippen molar-refractivity contribution < 1.29 is 9.47 Å². The summed E-state index contributed by atoms with van der Waals surface area (Å²) in [6.07, 6.45) is 7.18. The number of allylic oxidation sites excluding steroid dienone is 2. The smallest absolute Gasteiger partial charge is 0.127 e. The molecular weight excluding hydrogens is 629 g/mol. The van der Waals surface area contributed by atoms with E-state index < -0.39 is 5.54 Å². The molecule has 8 N–H and O–H groups in total. The van der Waals surface area contributed by atoms with Gasteiger partial charge in [-0.1, -0.05) is 98.8 Å². The molecule has 1 unspecified atom stereocenters. The van der Waals surface area contributed by atoms with E-state index in [4.69, 9.17) is 32.4 Å². The third kappa shape index (κ3) is 8.68. The number of hydrogen-bond acceptors (Lipinski definition) is 6. The van der Waals surface area contributed by atoms with Gasteiger partial charge < -0.3 is 32.4 Å². The van der Waals surface area contributed by atoms with Crippen LogP contribution in [0, 0.1) is 0 Å². The van der Waals surface area contributed by atoms with E-state index in [-0.39, 0.29) is 5.41 Å². The number of hydrogen-bond donors (Lipinski definition) is 4. The maximum atomic E-state index is 6.49. The van der Waals surface area contributed by atoms with Crippen molar-refractivity contribution in [3.05, 3.63) is 192 Å². The average molecular weight is 673 g/mol. The highest BCUT2D eigenvalue weighted by Gasteiger charge is 2.25. The third-order valence-corrected chi connectivity index (χ3v) is 9.16. The molecule has 6 aromatic carbocycles. The molecule has 0 heterocycles. The predicted molar refractivity (Wildman–Crippen MR) is 212 cm³/mol. The molecular formula is C45H44N4O2. The Hall–Kier alpha value is -6.24. The number of rotatable bonds is 8. The van der Waals surface area contributed by atoms with Gasteiger partial charge in [-0.05, 0) is 119 Å². The van der Waals surface area contributed by atoms with Crippen LogP contribution in [0.3, 0.4) is 0 Å². The second kappa shape index (κ2) is 15.1. The molecule has 1 atom stereocenters. The highest BCUT2D eigenvalue weighted by Crippen LogP contribution is 2.35. The maximum Gasteiger partial charge on any atom is 0.127 e. The van der Waals surface area contributed by atoms with Gasteiger partial charge in [-0.3, -0.25) is 0 Å². The van der Waals surface area contributed by atoms with Gasteiger partial charge in [0.2, 0.25) is 0 Å². The van der Waals surface area contributed by atoms with Gasteiger partial charge in [0, 0.05) is 22.5 Å². The van der Waals surface area contributed by atoms with Crippen molar-refractivity contribution in [3.8, 4) is 23.0 Å². The lowest BCUT2D eigenvalue weighted by molar-refractivity contribution is 0.481. The van der Waals surface area contributed by atoms with E-state index in [1.807, 2.05) is 115 Å². The highest BCUT2D eigenvalue weighted by atomic mass is 16.5. The van der Waals surface area contributed by atoms with E-state index in [0.29, 0.717) is 11.4 Å². The fourth-order valence-electron chi connectivity index (χ4n) is 5.90. The molecule has 0 saturated heterocycles. The lowest BCUT2D eigenvalue weighted by Crippen LogP contribution is -2.34. The van der Waals surface area contributed by atoms with Gasteiger partial charge in [-0.25, -0.2) is 0 Å². The standard InChI is InChI=1S/C27H26N2O2.C18H18N2/c1-27(2,19-3-11-23(12-4-19)30-25-15-7-21(28)8-16-25)20-5-13-24(14-6-20)31-26-17-9-22(29)10-18-26;19-17-8-6-14(7-9-17)15-10-12-18(20,13-11-15)16-4-2-1-3-5-16/h3-18H,28-29H2,1-2H3;1-12H,13,19-20H2. The zero-order valence-electron chi connectivity index (χ0n) is 29.0. The fourth-order valence-corrected chi connectivity index (χ4v) is 5.90. The molecule has 6 heteroatoms. The molecule has 0 amide bonds. The summed E-state index contributed by atoms with van der Waals surface area (Å²) in [5.74, 6) is 3.10. The van der Waals surface area contributed by atoms with E-state index >= 15 is 0 Å². The summed E-state index contributed by atoms with van der Waals surface area (Å²) in [4.78, 5) is 0. The van der Waals surface area contributed by atoms with E-state index in [0.717, 1.165) is 40.7 Å². The SMILES string of the molecule is CC(C)(c1ccc(Oc2ccc(N)cc2)cc1)c1ccc(Oc2ccc(N)cc2)cc1.Nc1ccc(C2=CCC(N)(c3ccccc3)C=C2)cc1. The number of nitrogens with two attached hydrogens (primary N) is 4. The summed E-state index contributed by atoms with van der Waals surface area (Å²) in [6, 6.07) is 49.3. The highest BCUT2D eigenvalue weighted by molar-refractivity contribution is 5.76. The Bertz CT molecular complexity index is 1990. The normalized spacial score (nSPS) is 15.2. The van der Waals surface area contributed by atoms with Crippen molar-refractivity contribution in [2.24, 2.45) is 5.73 Å². The molecule has 51 heavy (non-hydrogen) atoms. The minimum Gasteiger partial charge on any atom is -0.457 e. The number of anilines is 3. The molecule has 6 nitrogen and oxygen atoms in total. The minimum atomic E-state index is -0.404. The van der Waals surface area contributed by atoms with Crippen molar-refractivity contribution in [2.45, 2.75) is 31.2 Å². The third-order valence-electron chi connectivity index (χ3n) is 9.16. The second-order valence-corrected chi connectivity index (χ2v) is 13.2. The zero-order valence-corrected chi connectivity index (χ0v) is 29.0. The first-order chi connectivity index (χ1) is 24.6. The first kappa shape index (κ1) is 34.6. The zero-order chi connectivity index (χ0) is 35.8. The summed E-state index contributed by atoms with van der Waals surface area (Å²) >= 11 is 0. The molecule has 0 saturated carbocycles. The molecule has 0 aromatic heterocycles. The van der Waals surface area contributed by atoms with Crippen molar-refractivity contribution >= 4 is 22.6 Å². The van der Waals surface area contributed by atoms with Crippen LogP contribution in [0.1, 0.15) is 42.5 Å². The van der Waals surface area contributed by atoms with E-state index in [2.05, 4.69) is 68.5 Å². The van der Waals surface area contributed by atoms with Crippen LogP contribution in [0.5, 0.6) is 23.0 Å². The van der Waals surface area contributed by atoms with Gasteiger partial charge >= 0.3 is 0 Å². The van der Waals surface area contributed by atoms with Crippen LogP contribution in [0.15, 0.2) is 170 Å². The predicted octanol–water partition coefficient (Wildman–Crippen LogP) is 10.2. The maximum absolute atomic E-state index is 6.49. The quantitative estimate of drug-likeness (QED) is 0.119. The van der Waals surface area contributed by atoms with Crippen LogP contribution in [0.2, 0.25) is 0 Å². The number of nitrogen functional groups attached to an aromatic ring is 3. The molecule has 1 aliphatic rings. The van der Waals surface area contributed by atoms with Crippen LogP contribution in [0.4, 0.5) is 17.1 Å². The topological polar surface area (TPSA) is 123 Å². The van der Waals surface area contributed by atoms with Gasteiger partial charge in [-0.2, -0.15) is 0 Å². The Morgan fingerprint density at radius 3 is 1.29 bits per heavy atom. The molecule has 7 rings (SSSR count). The molecule has 256 valence electrons. The van der Waals surface area contributed by atoms with Crippen LogP contribution in [0.25, 0.3) is 5.57 Å².